The third kappa shape index (κ3) is 5.43. The fraction of sp³-hybridized carbons (Fsp3) is 0.467. The molecule has 1 aromatic rings. The molecule has 0 aliphatic rings. The smallest absolute Gasteiger partial charge is 0.321 e. The standard InChI is InChI=1S/C15H24N4O2/c1-10(11(2)16)14(20)17-9-12-6-5-7-13(8-12)18-15(21)19(3)4/h5-8,10-11H,9,16H2,1-4H3,(H,17,20)(H,18,21). The Labute approximate surface area is 125 Å². The van der Waals surface area contributed by atoms with Gasteiger partial charge in [0.2, 0.25) is 5.91 Å². The van der Waals surface area contributed by atoms with Crippen LogP contribution in [-0.4, -0.2) is 37.0 Å². The molecule has 6 nitrogen and oxygen atoms in total. The summed E-state index contributed by atoms with van der Waals surface area (Å²) in [5, 5.41) is 5.61. The van der Waals surface area contributed by atoms with Gasteiger partial charge in [0, 0.05) is 38.3 Å². The quantitative estimate of drug-likeness (QED) is 0.766. The number of amides is 3. The molecule has 2 atom stereocenters. The van der Waals surface area contributed by atoms with Crippen LogP contribution in [-0.2, 0) is 11.3 Å². The minimum Gasteiger partial charge on any atom is -0.352 e. The van der Waals surface area contributed by atoms with E-state index in [0.717, 1.165) is 5.56 Å². The highest BCUT2D eigenvalue weighted by Gasteiger charge is 2.16. The van der Waals surface area contributed by atoms with E-state index in [0.29, 0.717) is 12.2 Å². The number of hydrogen-bond acceptors (Lipinski definition) is 3. The van der Waals surface area contributed by atoms with Gasteiger partial charge in [0.25, 0.3) is 0 Å². The summed E-state index contributed by atoms with van der Waals surface area (Å²) in [6.45, 7) is 4.01. The summed E-state index contributed by atoms with van der Waals surface area (Å²) in [7, 11) is 3.35. The summed E-state index contributed by atoms with van der Waals surface area (Å²) in [6.07, 6.45) is 0. The van der Waals surface area contributed by atoms with E-state index in [1.807, 2.05) is 25.1 Å². The number of nitrogens with two attached hydrogens (primary N) is 1. The molecule has 1 aromatic carbocycles. The molecule has 1 rings (SSSR count). The molecule has 0 aromatic heterocycles. The molecule has 2 unspecified atom stereocenters. The molecule has 0 spiro atoms. The predicted molar refractivity (Wildman–Crippen MR) is 83.8 cm³/mol. The van der Waals surface area contributed by atoms with E-state index >= 15 is 0 Å². The molecule has 0 heterocycles. The van der Waals surface area contributed by atoms with E-state index in [1.54, 1.807) is 27.1 Å². The van der Waals surface area contributed by atoms with E-state index in [4.69, 9.17) is 5.73 Å². The maximum Gasteiger partial charge on any atom is 0.321 e. The zero-order valence-electron chi connectivity index (χ0n) is 13.0. The molecule has 0 aliphatic heterocycles. The van der Waals surface area contributed by atoms with Gasteiger partial charge in [-0.2, -0.15) is 0 Å². The molecule has 0 fully saturated rings. The van der Waals surface area contributed by atoms with Crippen LogP contribution in [0.1, 0.15) is 19.4 Å². The van der Waals surface area contributed by atoms with Crippen LogP contribution in [0.2, 0.25) is 0 Å². The van der Waals surface area contributed by atoms with Crippen LogP contribution in [0.15, 0.2) is 24.3 Å². The number of carbonyl (C=O) groups excluding carboxylic acids is 2. The number of urea groups is 1. The van der Waals surface area contributed by atoms with Gasteiger partial charge in [0.1, 0.15) is 0 Å². The minimum atomic E-state index is -0.235. The van der Waals surface area contributed by atoms with Gasteiger partial charge >= 0.3 is 6.03 Å². The van der Waals surface area contributed by atoms with Crippen molar-refractivity contribution >= 4 is 17.6 Å². The van der Waals surface area contributed by atoms with Crippen LogP contribution in [0, 0.1) is 5.92 Å². The summed E-state index contributed by atoms with van der Waals surface area (Å²) in [6, 6.07) is 6.98. The number of rotatable bonds is 5. The Morgan fingerprint density at radius 2 is 1.95 bits per heavy atom. The SMILES string of the molecule is CC(N)C(C)C(=O)NCc1cccc(NC(=O)N(C)C)c1. The second kappa shape index (κ2) is 7.64. The minimum absolute atomic E-state index is 0.0762. The molecular weight excluding hydrogens is 268 g/mol. The van der Waals surface area contributed by atoms with Crippen LogP contribution >= 0.6 is 0 Å². The maximum absolute atomic E-state index is 11.8. The Morgan fingerprint density at radius 3 is 2.52 bits per heavy atom. The van der Waals surface area contributed by atoms with Crippen molar-refractivity contribution in [3.63, 3.8) is 0 Å². The van der Waals surface area contributed by atoms with E-state index in [1.165, 1.54) is 4.90 Å². The summed E-state index contributed by atoms with van der Waals surface area (Å²) in [5.74, 6) is -0.311. The van der Waals surface area contributed by atoms with Crippen molar-refractivity contribution < 1.29 is 9.59 Å². The average molecular weight is 292 g/mol. The van der Waals surface area contributed by atoms with Gasteiger partial charge in [-0.1, -0.05) is 19.1 Å². The van der Waals surface area contributed by atoms with E-state index in [2.05, 4.69) is 10.6 Å². The fourth-order valence-electron chi connectivity index (χ4n) is 1.58. The van der Waals surface area contributed by atoms with Crippen molar-refractivity contribution in [1.29, 1.82) is 0 Å². The zero-order valence-corrected chi connectivity index (χ0v) is 13.0. The number of nitrogens with zero attached hydrogens (tertiary/aromatic N) is 1. The topological polar surface area (TPSA) is 87.5 Å². The second-order valence-electron chi connectivity index (χ2n) is 5.39. The molecule has 0 bridgehead atoms. The Morgan fingerprint density at radius 1 is 1.29 bits per heavy atom. The number of nitrogens with one attached hydrogen (secondary N) is 2. The van der Waals surface area contributed by atoms with Gasteiger partial charge in [0.05, 0.1) is 0 Å². The molecule has 4 N–H and O–H groups in total. The number of anilines is 1. The lowest BCUT2D eigenvalue weighted by atomic mass is 10.0. The Hall–Kier alpha value is -2.08. The Kier molecular flexibility index (Phi) is 6.17. The third-order valence-electron chi connectivity index (χ3n) is 3.25. The molecule has 21 heavy (non-hydrogen) atoms. The lowest BCUT2D eigenvalue weighted by molar-refractivity contribution is -0.125. The summed E-state index contributed by atoms with van der Waals surface area (Å²) in [5.41, 5.74) is 7.31. The number of hydrogen-bond donors (Lipinski definition) is 3. The van der Waals surface area contributed by atoms with Gasteiger partial charge in [-0.3, -0.25) is 4.79 Å². The number of benzene rings is 1. The first-order chi connectivity index (χ1) is 9.81. The lowest BCUT2D eigenvalue weighted by Crippen LogP contribution is -2.38. The normalized spacial score (nSPS) is 13.2. The van der Waals surface area contributed by atoms with Crippen LogP contribution in [0.4, 0.5) is 10.5 Å². The first-order valence-corrected chi connectivity index (χ1v) is 6.91. The highest BCUT2D eigenvalue weighted by Crippen LogP contribution is 2.11. The average Bonchev–Trinajstić information content (AvgIpc) is 2.44. The summed E-state index contributed by atoms with van der Waals surface area (Å²) >= 11 is 0. The van der Waals surface area contributed by atoms with E-state index in [9.17, 15) is 9.59 Å². The van der Waals surface area contributed by atoms with Crippen LogP contribution in [0.5, 0.6) is 0 Å². The van der Waals surface area contributed by atoms with Crippen molar-refractivity contribution in [1.82, 2.24) is 10.2 Å². The molecule has 6 heteroatoms. The molecule has 116 valence electrons. The van der Waals surface area contributed by atoms with Gasteiger partial charge in [0.15, 0.2) is 0 Å². The zero-order chi connectivity index (χ0) is 16.0. The van der Waals surface area contributed by atoms with Gasteiger partial charge < -0.3 is 21.3 Å². The fourth-order valence-corrected chi connectivity index (χ4v) is 1.58. The Bertz CT molecular complexity index is 500. The van der Waals surface area contributed by atoms with Crippen molar-refractivity contribution in [3.05, 3.63) is 29.8 Å². The maximum atomic E-state index is 11.8. The number of carbonyl (C=O) groups is 2. The van der Waals surface area contributed by atoms with Crippen molar-refractivity contribution in [2.45, 2.75) is 26.4 Å². The monoisotopic (exact) mass is 292 g/mol. The first-order valence-electron chi connectivity index (χ1n) is 6.91. The van der Waals surface area contributed by atoms with Crippen LogP contribution in [0.3, 0.4) is 0 Å². The van der Waals surface area contributed by atoms with E-state index < -0.39 is 0 Å². The van der Waals surface area contributed by atoms with Gasteiger partial charge in [-0.25, -0.2) is 4.79 Å². The molecule has 0 saturated heterocycles. The highest BCUT2D eigenvalue weighted by molar-refractivity contribution is 5.89. The van der Waals surface area contributed by atoms with Crippen molar-refractivity contribution in [2.75, 3.05) is 19.4 Å². The van der Waals surface area contributed by atoms with Crippen molar-refractivity contribution in [2.24, 2.45) is 11.7 Å². The lowest BCUT2D eigenvalue weighted by Gasteiger charge is -2.16. The van der Waals surface area contributed by atoms with Gasteiger partial charge in [-0.05, 0) is 24.6 Å². The first kappa shape index (κ1) is 17.0. The third-order valence-corrected chi connectivity index (χ3v) is 3.25. The second-order valence-corrected chi connectivity index (χ2v) is 5.39. The van der Waals surface area contributed by atoms with Crippen molar-refractivity contribution in [3.8, 4) is 0 Å². The molecule has 0 radical (unpaired) electrons. The summed E-state index contributed by atoms with van der Waals surface area (Å²) in [4.78, 5) is 24.9. The molecule has 0 saturated carbocycles. The highest BCUT2D eigenvalue weighted by atomic mass is 16.2. The van der Waals surface area contributed by atoms with Gasteiger partial charge in [-0.15, -0.1) is 0 Å². The molecule has 3 amide bonds. The molecular formula is C15H24N4O2. The molecule has 0 aliphatic carbocycles. The van der Waals surface area contributed by atoms with Crippen LogP contribution in [0.25, 0.3) is 0 Å². The van der Waals surface area contributed by atoms with Crippen LogP contribution < -0.4 is 16.4 Å². The van der Waals surface area contributed by atoms with E-state index in [-0.39, 0.29) is 23.9 Å². The summed E-state index contributed by atoms with van der Waals surface area (Å²) < 4.78 is 0. The predicted octanol–water partition coefficient (Wildman–Crippen LogP) is 1.38. The largest absolute Gasteiger partial charge is 0.352 e. The Balaban J connectivity index is 2.61.